The minimum absolute atomic E-state index is 0.176. The molecule has 6 heteroatoms. The van der Waals surface area contributed by atoms with Gasteiger partial charge >= 0.3 is 6.09 Å². The van der Waals surface area contributed by atoms with Crippen LogP contribution in [0.5, 0.6) is 0 Å². The number of amides is 1. The topological polar surface area (TPSA) is 45.7 Å². The molecule has 0 spiro atoms. The predicted molar refractivity (Wildman–Crippen MR) is 105 cm³/mol. The molecule has 0 N–H and O–H groups in total. The Kier molecular flexibility index (Phi) is 6.63. The van der Waals surface area contributed by atoms with Crippen molar-refractivity contribution in [3.63, 3.8) is 0 Å². The zero-order chi connectivity index (χ0) is 18.4. The second-order valence-corrected chi connectivity index (χ2v) is 8.20. The fraction of sp³-hybridized carbons (Fsp3) is 0.500. The lowest BCUT2D eigenvalue weighted by Gasteiger charge is -2.21. The maximum Gasteiger partial charge on any atom is 0.409 e. The molecule has 3 rings (SSSR count). The molecule has 5 nitrogen and oxygen atoms in total. The van der Waals surface area contributed by atoms with Crippen LogP contribution in [0.25, 0.3) is 10.6 Å². The highest BCUT2D eigenvalue weighted by Gasteiger charge is 2.21. The zero-order valence-electron chi connectivity index (χ0n) is 15.6. The quantitative estimate of drug-likeness (QED) is 0.791. The summed E-state index contributed by atoms with van der Waals surface area (Å²) < 4.78 is 5.36. The molecule has 2 aromatic rings. The van der Waals surface area contributed by atoms with Crippen LogP contribution in [-0.4, -0.2) is 53.7 Å². The summed E-state index contributed by atoms with van der Waals surface area (Å²) >= 11 is 1.75. The van der Waals surface area contributed by atoms with E-state index in [2.05, 4.69) is 35.9 Å². The van der Waals surface area contributed by atoms with Gasteiger partial charge in [-0.1, -0.05) is 44.2 Å². The monoisotopic (exact) mass is 373 g/mol. The normalized spacial score (nSPS) is 15.9. The van der Waals surface area contributed by atoms with E-state index in [0.717, 1.165) is 44.2 Å². The standard InChI is InChI=1S/C20H27N3O2S/c1-16(2)15-25-20(24)23-10-6-9-22(11-12-23)14-18-13-21-19(26-18)17-7-4-3-5-8-17/h3-5,7-8,13,16H,6,9-12,14-15H2,1-2H3. The van der Waals surface area contributed by atoms with E-state index in [9.17, 15) is 4.79 Å². The number of rotatable bonds is 5. The first kappa shape index (κ1) is 18.9. The van der Waals surface area contributed by atoms with E-state index in [1.165, 1.54) is 10.4 Å². The number of hydrogen-bond donors (Lipinski definition) is 0. The Morgan fingerprint density at radius 2 is 2.00 bits per heavy atom. The summed E-state index contributed by atoms with van der Waals surface area (Å²) in [7, 11) is 0. The summed E-state index contributed by atoms with van der Waals surface area (Å²) in [4.78, 5) is 22.2. The highest BCUT2D eigenvalue weighted by molar-refractivity contribution is 7.15. The van der Waals surface area contributed by atoms with Crippen molar-refractivity contribution < 1.29 is 9.53 Å². The van der Waals surface area contributed by atoms with Crippen molar-refractivity contribution >= 4 is 17.4 Å². The molecular formula is C20H27N3O2S. The van der Waals surface area contributed by atoms with Gasteiger partial charge in [-0.05, 0) is 12.3 Å². The minimum Gasteiger partial charge on any atom is -0.449 e. The molecule has 1 amide bonds. The van der Waals surface area contributed by atoms with Crippen LogP contribution in [0.3, 0.4) is 0 Å². The van der Waals surface area contributed by atoms with E-state index in [4.69, 9.17) is 4.74 Å². The largest absolute Gasteiger partial charge is 0.449 e. The van der Waals surface area contributed by atoms with Crippen molar-refractivity contribution in [3.8, 4) is 10.6 Å². The molecule has 1 aromatic heterocycles. The van der Waals surface area contributed by atoms with Gasteiger partial charge in [0.25, 0.3) is 0 Å². The SMILES string of the molecule is CC(C)COC(=O)N1CCCN(Cc2cnc(-c3ccccc3)s2)CC1. The van der Waals surface area contributed by atoms with E-state index in [1.807, 2.05) is 29.3 Å². The molecule has 0 atom stereocenters. The maximum absolute atomic E-state index is 12.2. The highest BCUT2D eigenvalue weighted by atomic mass is 32.1. The summed E-state index contributed by atoms with van der Waals surface area (Å²) in [6.07, 6.45) is 2.78. The summed E-state index contributed by atoms with van der Waals surface area (Å²) in [5.74, 6) is 0.368. The third kappa shape index (κ3) is 5.29. The third-order valence-corrected chi connectivity index (χ3v) is 5.37. The Bertz CT molecular complexity index is 702. The molecule has 2 heterocycles. The average Bonchev–Trinajstić information content (AvgIpc) is 2.98. The molecule has 0 saturated carbocycles. The highest BCUT2D eigenvalue weighted by Crippen LogP contribution is 2.25. The average molecular weight is 374 g/mol. The minimum atomic E-state index is -0.176. The lowest BCUT2D eigenvalue weighted by molar-refractivity contribution is 0.0930. The molecule has 1 aliphatic heterocycles. The number of hydrogen-bond acceptors (Lipinski definition) is 5. The molecule has 26 heavy (non-hydrogen) atoms. The fourth-order valence-electron chi connectivity index (χ4n) is 2.96. The Labute approximate surface area is 159 Å². The van der Waals surface area contributed by atoms with Gasteiger partial charge in [-0.25, -0.2) is 9.78 Å². The molecule has 1 aliphatic rings. The molecule has 1 aromatic carbocycles. The van der Waals surface area contributed by atoms with Gasteiger partial charge in [0.1, 0.15) is 5.01 Å². The van der Waals surface area contributed by atoms with Gasteiger partial charge in [0.15, 0.2) is 0 Å². The molecule has 140 valence electrons. The Hall–Kier alpha value is -1.92. The van der Waals surface area contributed by atoms with Gasteiger partial charge in [0.05, 0.1) is 6.61 Å². The van der Waals surface area contributed by atoms with Crippen LogP contribution in [-0.2, 0) is 11.3 Å². The lowest BCUT2D eigenvalue weighted by Crippen LogP contribution is -2.36. The number of aromatic nitrogens is 1. The molecule has 0 unspecified atom stereocenters. The van der Waals surface area contributed by atoms with Gasteiger partial charge in [0, 0.05) is 49.4 Å². The van der Waals surface area contributed by atoms with Crippen LogP contribution in [0.4, 0.5) is 4.79 Å². The van der Waals surface area contributed by atoms with Gasteiger partial charge in [-0.3, -0.25) is 4.90 Å². The maximum atomic E-state index is 12.2. The van der Waals surface area contributed by atoms with E-state index < -0.39 is 0 Å². The number of carbonyl (C=O) groups excluding carboxylic acids is 1. The van der Waals surface area contributed by atoms with Crippen LogP contribution in [0.1, 0.15) is 25.1 Å². The van der Waals surface area contributed by atoms with Crippen LogP contribution in [0.2, 0.25) is 0 Å². The van der Waals surface area contributed by atoms with Crippen LogP contribution >= 0.6 is 11.3 Å². The van der Waals surface area contributed by atoms with E-state index >= 15 is 0 Å². The van der Waals surface area contributed by atoms with Crippen LogP contribution in [0, 0.1) is 5.92 Å². The summed E-state index contributed by atoms with van der Waals surface area (Å²) in [6.45, 7) is 8.84. The lowest BCUT2D eigenvalue weighted by atomic mass is 10.2. The summed E-state index contributed by atoms with van der Waals surface area (Å²) in [5, 5.41) is 1.06. The fourth-order valence-corrected chi connectivity index (χ4v) is 3.92. The molecule has 0 radical (unpaired) electrons. The first-order valence-corrected chi connectivity index (χ1v) is 10.1. The zero-order valence-corrected chi connectivity index (χ0v) is 16.4. The third-order valence-electron chi connectivity index (χ3n) is 4.34. The number of ether oxygens (including phenoxy) is 1. The second-order valence-electron chi connectivity index (χ2n) is 7.09. The molecular weight excluding hydrogens is 346 g/mol. The van der Waals surface area contributed by atoms with Crippen molar-refractivity contribution in [3.05, 3.63) is 41.4 Å². The van der Waals surface area contributed by atoms with Crippen molar-refractivity contribution in [1.82, 2.24) is 14.8 Å². The van der Waals surface area contributed by atoms with Crippen molar-refractivity contribution in [1.29, 1.82) is 0 Å². The van der Waals surface area contributed by atoms with Crippen molar-refractivity contribution in [2.75, 3.05) is 32.8 Å². The van der Waals surface area contributed by atoms with E-state index in [0.29, 0.717) is 12.5 Å². The molecule has 0 aliphatic carbocycles. The Balaban J connectivity index is 1.52. The van der Waals surface area contributed by atoms with E-state index in [-0.39, 0.29) is 6.09 Å². The molecule has 0 bridgehead atoms. The summed E-state index contributed by atoms with van der Waals surface area (Å²) in [6, 6.07) is 10.3. The first-order chi connectivity index (χ1) is 12.6. The first-order valence-electron chi connectivity index (χ1n) is 9.26. The van der Waals surface area contributed by atoms with Crippen LogP contribution < -0.4 is 0 Å². The van der Waals surface area contributed by atoms with Gasteiger partial charge < -0.3 is 9.64 Å². The predicted octanol–water partition coefficient (Wildman–Crippen LogP) is 4.11. The van der Waals surface area contributed by atoms with Gasteiger partial charge in [-0.15, -0.1) is 11.3 Å². The van der Waals surface area contributed by atoms with Gasteiger partial charge in [-0.2, -0.15) is 0 Å². The smallest absolute Gasteiger partial charge is 0.409 e. The van der Waals surface area contributed by atoms with Crippen LogP contribution in [0.15, 0.2) is 36.5 Å². The number of thiazole rings is 1. The number of benzene rings is 1. The number of carbonyl (C=O) groups is 1. The Morgan fingerprint density at radius 3 is 2.77 bits per heavy atom. The van der Waals surface area contributed by atoms with Crippen molar-refractivity contribution in [2.24, 2.45) is 5.92 Å². The van der Waals surface area contributed by atoms with Gasteiger partial charge in [0.2, 0.25) is 0 Å². The second kappa shape index (κ2) is 9.14. The summed E-state index contributed by atoms with van der Waals surface area (Å²) in [5.41, 5.74) is 1.17. The van der Waals surface area contributed by atoms with E-state index in [1.54, 1.807) is 11.3 Å². The Morgan fingerprint density at radius 1 is 1.19 bits per heavy atom. The van der Waals surface area contributed by atoms with Crippen molar-refractivity contribution in [2.45, 2.75) is 26.8 Å². The molecule has 1 saturated heterocycles. The number of nitrogens with zero attached hydrogens (tertiary/aromatic N) is 3. The molecule has 1 fully saturated rings.